The average Bonchev–Trinajstić information content (AvgIpc) is 3.18. The number of hydrogen-bond acceptors (Lipinski definition) is 0. The van der Waals surface area contributed by atoms with E-state index < -0.39 is 0 Å². The van der Waals surface area contributed by atoms with Crippen LogP contribution < -0.4 is 0 Å². The Bertz CT molecular complexity index is 1420. The van der Waals surface area contributed by atoms with E-state index in [0.29, 0.717) is 10.0 Å². The maximum Gasteiger partial charge on any atom is 0.0839 e. The first-order chi connectivity index (χ1) is 15.9. The van der Waals surface area contributed by atoms with Gasteiger partial charge in [0.15, 0.2) is 0 Å². The Morgan fingerprint density at radius 3 is 1.79 bits per heavy atom. The predicted octanol–water partition coefficient (Wildman–Crippen LogP) is 9.57. The van der Waals surface area contributed by atoms with Crippen LogP contribution in [0.4, 0.5) is 0 Å². The van der Waals surface area contributed by atoms with Gasteiger partial charge in [-0.25, -0.2) is 0 Å². The second-order valence-corrected chi connectivity index (χ2v) is 10.1. The largest absolute Gasteiger partial charge is 0.307 e. The van der Waals surface area contributed by atoms with Crippen LogP contribution >= 0.6 is 23.2 Å². The summed E-state index contributed by atoms with van der Waals surface area (Å²) in [4.78, 5) is 0. The topological polar surface area (TPSA) is 4.93 Å². The Labute approximate surface area is 205 Å². The first kappa shape index (κ1) is 21.8. The molecule has 1 nitrogen and oxygen atoms in total. The molecule has 0 unspecified atom stereocenters. The van der Waals surface area contributed by atoms with E-state index in [1.165, 1.54) is 5.56 Å². The van der Waals surface area contributed by atoms with Gasteiger partial charge in [0, 0.05) is 16.6 Å². The van der Waals surface area contributed by atoms with E-state index in [-0.39, 0.29) is 5.41 Å². The van der Waals surface area contributed by atoms with Crippen molar-refractivity contribution in [1.29, 1.82) is 0 Å². The van der Waals surface area contributed by atoms with Crippen LogP contribution in [-0.4, -0.2) is 4.57 Å². The molecule has 4 aromatic carbocycles. The van der Waals surface area contributed by atoms with Crippen LogP contribution in [0.5, 0.6) is 0 Å². The summed E-state index contributed by atoms with van der Waals surface area (Å²) < 4.78 is 2.26. The third-order valence-electron chi connectivity index (χ3n) is 6.12. The van der Waals surface area contributed by atoms with E-state index in [0.717, 1.165) is 39.0 Å². The van der Waals surface area contributed by atoms with Crippen LogP contribution in [0.2, 0.25) is 10.0 Å². The normalized spacial score (nSPS) is 11.8. The number of rotatable bonds is 3. The van der Waals surface area contributed by atoms with Gasteiger partial charge in [-0.2, -0.15) is 0 Å². The third-order valence-corrected chi connectivity index (χ3v) is 6.92. The van der Waals surface area contributed by atoms with Crippen LogP contribution in [0, 0.1) is 0 Å². The highest BCUT2D eigenvalue weighted by Crippen LogP contribution is 2.46. The van der Waals surface area contributed by atoms with E-state index in [4.69, 9.17) is 23.2 Å². The van der Waals surface area contributed by atoms with E-state index in [1.807, 2.05) is 18.2 Å². The van der Waals surface area contributed by atoms with Gasteiger partial charge in [0.1, 0.15) is 0 Å². The lowest BCUT2D eigenvalue weighted by molar-refractivity contribution is 0.590. The molecule has 0 aliphatic rings. The molecule has 1 heterocycles. The zero-order valence-corrected chi connectivity index (χ0v) is 20.5. The van der Waals surface area contributed by atoms with E-state index in [1.54, 1.807) is 0 Å². The first-order valence-electron chi connectivity index (χ1n) is 11.1. The van der Waals surface area contributed by atoms with Crippen LogP contribution in [0.25, 0.3) is 39.0 Å². The molecule has 164 valence electrons. The molecular weight excluding hydrogens is 445 g/mol. The molecule has 0 N–H and O–H groups in total. The first-order valence-corrected chi connectivity index (χ1v) is 11.9. The molecule has 0 radical (unpaired) electrons. The Morgan fingerprint density at radius 1 is 0.636 bits per heavy atom. The SMILES string of the molecule is CC(C)(C)c1ccc(-n2c(-c3ccccc3)c(-c3ccccc3)c3ccc(Cl)c(Cl)c32)cc1. The fourth-order valence-electron chi connectivity index (χ4n) is 4.45. The summed E-state index contributed by atoms with van der Waals surface area (Å²) in [5.41, 5.74) is 7.86. The highest BCUT2D eigenvalue weighted by molar-refractivity contribution is 6.45. The molecule has 0 atom stereocenters. The van der Waals surface area contributed by atoms with Gasteiger partial charge < -0.3 is 4.57 Å². The predicted molar refractivity (Wildman–Crippen MR) is 143 cm³/mol. The van der Waals surface area contributed by atoms with Crippen molar-refractivity contribution in [3.05, 3.63) is 113 Å². The van der Waals surface area contributed by atoms with Crippen molar-refractivity contribution in [2.45, 2.75) is 26.2 Å². The second kappa shape index (κ2) is 8.41. The summed E-state index contributed by atoms with van der Waals surface area (Å²) in [5.74, 6) is 0. The number of aromatic nitrogens is 1. The lowest BCUT2D eigenvalue weighted by Crippen LogP contribution is -2.11. The van der Waals surface area contributed by atoms with Gasteiger partial charge >= 0.3 is 0 Å². The van der Waals surface area contributed by atoms with Crippen molar-refractivity contribution < 1.29 is 0 Å². The molecule has 0 saturated heterocycles. The molecule has 0 aliphatic carbocycles. The van der Waals surface area contributed by atoms with Crippen LogP contribution in [0.1, 0.15) is 26.3 Å². The fraction of sp³-hybridized carbons (Fsp3) is 0.133. The maximum atomic E-state index is 6.89. The Balaban J connectivity index is 1.93. The van der Waals surface area contributed by atoms with Crippen LogP contribution in [0.3, 0.4) is 0 Å². The van der Waals surface area contributed by atoms with Gasteiger partial charge in [-0.3, -0.25) is 0 Å². The van der Waals surface area contributed by atoms with Crippen LogP contribution in [-0.2, 0) is 5.41 Å². The zero-order chi connectivity index (χ0) is 23.2. The minimum Gasteiger partial charge on any atom is -0.307 e. The molecule has 0 aliphatic heterocycles. The molecule has 1 aromatic heterocycles. The number of hydrogen-bond donors (Lipinski definition) is 0. The van der Waals surface area contributed by atoms with E-state index in [9.17, 15) is 0 Å². The molecule has 0 fully saturated rings. The minimum absolute atomic E-state index is 0.0791. The lowest BCUT2D eigenvalue weighted by Gasteiger charge is -2.20. The minimum atomic E-state index is 0.0791. The summed E-state index contributed by atoms with van der Waals surface area (Å²) in [5, 5.41) is 2.19. The average molecular weight is 470 g/mol. The van der Waals surface area contributed by atoms with Gasteiger partial charge in [-0.05, 0) is 40.3 Å². The third kappa shape index (κ3) is 3.86. The smallest absolute Gasteiger partial charge is 0.0839 e. The molecule has 0 amide bonds. The Morgan fingerprint density at radius 2 is 1.21 bits per heavy atom. The van der Waals surface area contributed by atoms with Gasteiger partial charge in [-0.1, -0.05) is 123 Å². The summed E-state index contributed by atoms with van der Waals surface area (Å²) in [7, 11) is 0. The van der Waals surface area contributed by atoms with Crippen molar-refractivity contribution in [3.8, 4) is 28.1 Å². The molecule has 3 heteroatoms. The van der Waals surface area contributed by atoms with Crippen molar-refractivity contribution in [1.82, 2.24) is 4.57 Å². The number of benzene rings is 4. The van der Waals surface area contributed by atoms with Crippen molar-refractivity contribution in [2.75, 3.05) is 0 Å². The monoisotopic (exact) mass is 469 g/mol. The fourth-order valence-corrected chi connectivity index (χ4v) is 4.85. The summed E-state index contributed by atoms with van der Waals surface area (Å²) in [6.07, 6.45) is 0. The summed E-state index contributed by atoms with van der Waals surface area (Å²) in [6, 6.07) is 33.7. The highest BCUT2D eigenvalue weighted by atomic mass is 35.5. The molecule has 0 spiro atoms. The molecule has 0 bridgehead atoms. The zero-order valence-electron chi connectivity index (χ0n) is 18.9. The summed E-state index contributed by atoms with van der Waals surface area (Å²) in [6.45, 7) is 6.69. The van der Waals surface area contributed by atoms with E-state index >= 15 is 0 Å². The molecular formula is C30H25Cl2N. The van der Waals surface area contributed by atoms with Crippen molar-refractivity contribution >= 4 is 34.1 Å². The van der Waals surface area contributed by atoms with Crippen molar-refractivity contribution in [2.24, 2.45) is 0 Å². The lowest BCUT2D eigenvalue weighted by atomic mass is 9.87. The van der Waals surface area contributed by atoms with Gasteiger partial charge in [0.2, 0.25) is 0 Å². The second-order valence-electron chi connectivity index (χ2n) is 9.35. The van der Waals surface area contributed by atoms with Gasteiger partial charge in [0.05, 0.1) is 21.3 Å². The maximum absolute atomic E-state index is 6.89. The number of fused-ring (bicyclic) bond motifs is 1. The molecule has 5 aromatic rings. The van der Waals surface area contributed by atoms with Gasteiger partial charge in [-0.15, -0.1) is 0 Å². The Hall–Kier alpha value is -3.00. The standard InChI is InChI=1S/C30H25Cl2N/c1-30(2,3)22-14-16-23(17-15-22)33-28(21-12-8-5-9-13-21)26(20-10-6-4-7-11-20)24-18-19-25(31)27(32)29(24)33/h4-19H,1-3H3. The number of halogens is 2. The molecule has 5 rings (SSSR count). The Kier molecular flexibility index (Phi) is 5.56. The number of nitrogens with zero attached hydrogens (tertiary/aromatic N) is 1. The van der Waals surface area contributed by atoms with E-state index in [2.05, 4.69) is 104 Å². The van der Waals surface area contributed by atoms with Gasteiger partial charge in [0.25, 0.3) is 0 Å². The highest BCUT2D eigenvalue weighted by Gasteiger charge is 2.24. The van der Waals surface area contributed by atoms with Crippen LogP contribution in [0.15, 0.2) is 97.1 Å². The summed E-state index contributed by atoms with van der Waals surface area (Å²) >= 11 is 13.4. The molecule has 0 saturated carbocycles. The quantitative estimate of drug-likeness (QED) is 0.247. The molecule has 33 heavy (non-hydrogen) atoms. The van der Waals surface area contributed by atoms with Crippen molar-refractivity contribution in [3.63, 3.8) is 0 Å².